The molecular formula is C13H18N4O3. The van der Waals surface area contributed by atoms with Crippen LogP contribution in [-0.2, 0) is 4.79 Å². The van der Waals surface area contributed by atoms with Crippen molar-refractivity contribution in [2.24, 2.45) is 5.73 Å². The number of hydrogen-bond donors (Lipinski definition) is 4. The van der Waals surface area contributed by atoms with Gasteiger partial charge in [0.1, 0.15) is 0 Å². The van der Waals surface area contributed by atoms with Crippen molar-refractivity contribution in [2.45, 2.75) is 19.9 Å². The largest absolute Gasteiger partial charge is 0.375 e. The van der Waals surface area contributed by atoms with Gasteiger partial charge in [0.05, 0.1) is 12.1 Å². The van der Waals surface area contributed by atoms with E-state index in [1.807, 2.05) is 0 Å². The van der Waals surface area contributed by atoms with Crippen LogP contribution in [0.2, 0.25) is 0 Å². The van der Waals surface area contributed by atoms with Gasteiger partial charge in [-0.05, 0) is 26.0 Å². The van der Waals surface area contributed by atoms with Gasteiger partial charge in [0.2, 0.25) is 5.91 Å². The van der Waals surface area contributed by atoms with Crippen LogP contribution >= 0.6 is 0 Å². The highest BCUT2D eigenvalue weighted by Crippen LogP contribution is 2.13. The molecule has 0 aliphatic heterocycles. The van der Waals surface area contributed by atoms with Gasteiger partial charge in [0, 0.05) is 11.7 Å². The van der Waals surface area contributed by atoms with Crippen molar-refractivity contribution >= 4 is 23.5 Å². The number of primary amides is 1. The first kappa shape index (κ1) is 15.5. The van der Waals surface area contributed by atoms with Crippen LogP contribution in [0.5, 0.6) is 0 Å². The van der Waals surface area contributed by atoms with E-state index in [0.717, 1.165) is 0 Å². The second-order valence-corrected chi connectivity index (χ2v) is 4.44. The monoisotopic (exact) mass is 278 g/mol. The van der Waals surface area contributed by atoms with E-state index < -0.39 is 17.8 Å². The number of carbonyl (C=O) groups is 3. The predicted octanol–water partition coefficient (Wildman–Crippen LogP) is 0.432. The number of rotatable bonds is 5. The van der Waals surface area contributed by atoms with E-state index in [2.05, 4.69) is 16.0 Å². The summed E-state index contributed by atoms with van der Waals surface area (Å²) in [5, 5.41) is 7.45. The molecule has 0 aliphatic carbocycles. The van der Waals surface area contributed by atoms with Gasteiger partial charge in [-0.15, -0.1) is 0 Å². The summed E-state index contributed by atoms with van der Waals surface area (Å²) in [5.74, 6) is -1.10. The Morgan fingerprint density at radius 1 is 1.20 bits per heavy atom. The number of carbonyl (C=O) groups excluding carboxylic acids is 3. The lowest BCUT2D eigenvalue weighted by Gasteiger charge is -2.11. The third kappa shape index (κ3) is 4.97. The molecule has 0 saturated heterocycles. The number of nitrogens with two attached hydrogens (primary N) is 1. The van der Waals surface area contributed by atoms with Crippen molar-refractivity contribution in [3.05, 3.63) is 29.8 Å². The lowest BCUT2D eigenvalue weighted by molar-refractivity contribution is -0.118. The van der Waals surface area contributed by atoms with Crippen LogP contribution in [-0.4, -0.2) is 30.4 Å². The second-order valence-electron chi connectivity index (χ2n) is 4.44. The Balaban J connectivity index is 2.53. The van der Waals surface area contributed by atoms with Crippen LogP contribution in [0.25, 0.3) is 0 Å². The number of amides is 4. The maximum atomic E-state index is 11.5. The van der Waals surface area contributed by atoms with E-state index in [4.69, 9.17) is 5.73 Å². The zero-order chi connectivity index (χ0) is 15.1. The fourth-order valence-corrected chi connectivity index (χ4v) is 1.50. The predicted molar refractivity (Wildman–Crippen MR) is 75.3 cm³/mol. The third-order valence-corrected chi connectivity index (χ3v) is 2.30. The first-order valence-electron chi connectivity index (χ1n) is 6.13. The average molecular weight is 278 g/mol. The SMILES string of the molecule is CC(C)NC(=O)NC(=O)CNc1ccccc1C(N)=O. The molecule has 0 atom stereocenters. The lowest BCUT2D eigenvalue weighted by atomic mass is 10.1. The maximum Gasteiger partial charge on any atom is 0.321 e. The summed E-state index contributed by atoms with van der Waals surface area (Å²) in [7, 11) is 0. The van der Waals surface area contributed by atoms with Crippen molar-refractivity contribution in [3.63, 3.8) is 0 Å². The molecule has 108 valence electrons. The van der Waals surface area contributed by atoms with E-state index in [1.54, 1.807) is 38.1 Å². The molecule has 0 aromatic heterocycles. The number of benzene rings is 1. The van der Waals surface area contributed by atoms with Gasteiger partial charge in [0.25, 0.3) is 5.91 Å². The van der Waals surface area contributed by atoms with Crippen molar-refractivity contribution in [1.29, 1.82) is 0 Å². The normalized spacial score (nSPS) is 9.95. The molecule has 7 heteroatoms. The number of hydrogen-bond acceptors (Lipinski definition) is 4. The molecule has 0 radical (unpaired) electrons. The molecule has 0 saturated carbocycles. The summed E-state index contributed by atoms with van der Waals surface area (Å²) in [4.78, 5) is 34.0. The highest BCUT2D eigenvalue weighted by molar-refractivity contribution is 6.00. The van der Waals surface area contributed by atoms with E-state index in [1.165, 1.54) is 0 Å². The second kappa shape index (κ2) is 7.13. The molecule has 0 aliphatic rings. The fraction of sp³-hybridized carbons (Fsp3) is 0.308. The first-order chi connectivity index (χ1) is 9.40. The molecule has 0 fully saturated rings. The van der Waals surface area contributed by atoms with Crippen LogP contribution in [0.3, 0.4) is 0 Å². The van der Waals surface area contributed by atoms with Crippen molar-refractivity contribution in [1.82, 2.24) is 10.6 Å². The lowest BCUT2D eigenvalue weighted by Crippen LogP contribution is -2.44. The Hall–Kier alpha value is -2.57. The third-order valence-electron chi connectivity index (χ3n) is 2.30. The van der Waals surface area contributed by atoms with Crippen molar-refractivity contribution in [3.8, 4) is 0 Å². The Morgan fingerprint density at radius 2 is 1.85 bits per heavy atom. The Bertz CT molecular complexity index is 514. The Kier molecular flexibility index (Phi) is 5.52. The van der Waals surface area contributed by atoms with Crippen molar-refractivity contribution < 1.29 is 14.4 Å². The number of para-hydroxylation sites is 1. The van der Waals surface area contributed by atoms with Crippen LogP contribution < -0.4 is 21.7 Å². The number of urea groups is 1. The molecule has 0 spiro atoms. The summed E-state index contributed by atoms with van der Waals surface area (Å²) in [6.45, 7) is 3.42. The summed E-state index contributed by atoms with van der Waals surface area (Å²) >= 11 is 0. The van der Waals surface area contributed by atoms with Gasteiger partial charge in [-0.2, -0.15) is 0 Å². The molecular weight excluding hydrogens is 260 g/mol. The quantitative estimate of drug-likeness (QED) is 0.625. The Labute approximate surface area is 116 Å². The molecule has 0 unspecified atom stereocenters. The minimum absolute atomic E-state index is 0.0636. The molecule has 5 N–H and O–H groups in total. The summed E-state index contributed by atoms with van der Waals surface area (Å²) in [5.41, 5.74) is 5.94. The zero-order valence-electron chi connectivity index (χ0n) is 11.4. The van der Waals surface area contributed by atoms with Crippen molar-refractivity contribution in [2.75, 3.05) is 11.9 Å². The molecule has 1 aromatic carbocycles. The zero-order valence-corrected chi connectivity index (χ0v) is 11.4. The molecule has 1 aromatic rings. The van der Waals surface area contributed by atoms with Crippen LogP contribution in [0, 0.1) is 0 Å². The van der Waals surface area contributed by atoms with E-state index in [-0.39, 0.29) is 18.2 Å². The number of nitrogens with one attached hydrogen (secondary N) is 3. The highest BCUT2D eigenvalue weighted by atomic mass is 16.2. The molecule has 7 nitrogen and oxygen atoms in total. The van der Waals surface area contributed by atoms with Gasteiger partial charge in [-0.3, -0.25) is 14.9 Å². The van der Waals surface area contributed by atoms with Crippen LogP contribution in [0.4, 0.5) is 10.5 Å². The number of anilines is 1. The van der Waals surface area contributed by atoms with E-state index in [0.29, 0.717) is 5.69 Å². The highest BCUT2D eigenvalue weighted by Gasteiger charge is 2.10. The average Bonchev–Trinajstić information content (AvgIpc) is 2.35. The van der Waals surface area contributed by atoms with Gasteiger partial charge in [-0.25, -0.2) is 4.79 Å². The van der Waals surface area contributed by atoms with Gasteiger partial charge < -0.3 is 16.4 Å². The Morgan fingerprint density at radius 3 is 2.45 bits per heavy atom. The summed E-state index contributed by atoms with van der Waals surface area (Å²) < 4.78 is 0. The molecule has 1 rings (SSSR count). The van der Waals surface area contributed by atoms with Gasteiger partial charge in [-0.1, -0.05) is 12.1 Å². The minimum Gasteiger partial charge on any atom is -0.375 e. The minimum atomic E-state index is -0.592. The van der Waals surface area contributed by atoms with Crippen LogP contribution in [0.15, 0.2) is 24.3 Å². The van der Waals surface area contributed by atoms with E-state index in [9.17, 15) is 14.4 Å². The first-order valence-corrected chi connectivity index (χ1v) is 6.13. The van der Waals surface area contributed by atoms with E-state index >= 15 is 0 Å². The van der Waals surface area contributed by atoms with Gasteiger partial charge in [0.15, 0.2) is 0 Å². The molecule has 20 heavy (non-hydrogen) atoms. The van der Waals surface area contributed by atoms with Crippen LogP contribution in [0.1, 0.15) is 24.2 Å². The topological polar surface area (TPSA) is 113 Å². The van der Waals surface area contributed by atoms with Gasteiger partial charge >= 0.3 is 6.03 Å². The summed E-state index contributed by atoms with van der Waals surface area (Å²) in [6, 6.07) is 5.93. The standard InChI is InChI=1S/C13H18N4O3/c1-8(2)16-13(20)17-11(18)7-15-10-6-4-3-5-9(10)12(14)19/h3-6,8,15H,7H2,1-2H3,(H2,14,19)(H2,16,17,18,20). The smallest absolute Gasteiger partial charge is 0.321 e. The number of imide groups is 1. The molecule has 0 bridgehead atoms. The molecule has 4 amide bonds. The maximum absolute atomic E-state index is 11.5. The fourth-order valence-electron chi connectivity index (χ4n) is 1.50. The summed E-state index contributed by atoms with van der Waals surface area (Å²) in [6.07, 6.45) is 0. The molecule has 0 heterocycles.